The molecule has 0 unspecified atom stereocenters. The first-order valence-corrected chi connectivity index (χ1v) is 7.80. The summed E-state index contributed by atoms with van der Waals surface area (Å²) < 4.78 is 5.32. The van der Waals surface area contributed by atoms with Crippen molar-refractivity contribution in [3.8, 4) is 0 Å². The molecule has 1 aliphatic rings. The number of likely N-dealkylation sites (tertiary alicyclic amines) is 1. The minimum atomic E-state index is -0.129. The van der Waals surface area contributed by atoms with Crippen molar-refractivity contribution in [2.45, 2.75) is 66.0 Å². The number of nitrogens with one attached hydrogen (secondary N) is 1. The number of aromatic nitrogens is 2. The van der Waals surface area contributed by atoms with Crippen LogP contribution in [0.1, 0.15) is 60.2 Å². The maximum Gasteiger partial charge on any atom is 0.232 e. The molecule has 1 aromatic rings. The molecular formula is C16H29N5O. The smallest absolute Gasteiger partial charge is 0.232 e. The van der Waals surface area contributed by atoms with Gasteiger partial charge in [-0.2, -0.15) is 4.98 Å². The zero-order valence-electron chi connectivity index (χ0n) is 15.1. The molecule has 2 rings (SSSR count). The van der Waals surface area contributed by atoms with E-state index in [2.05, 4.69) is 73.8 Å². The maximum atomic E-state index is 5.32. The number of rotatable bonds is 2. The Bertz CT molecular complexity index is 565. The number of aliphatic imine (C=N–C) groups is 1. The first kappa shape index (κ1) is 16.8. The van der Waals surface area contributed by atoms with Gasteiger partial charge in [0.1, 0.15) is 0 Å². The Kier molecular flexibility index (Phi) is 4.00. The van der Waals surface area contributed by atoms with Gasteiger partial charge >= 0.3 is 0 Å². The molecule has 1 aromatic heterocycles. The average molecular weight is 307 g/mol. The van der Waals surface area contributed by atoms with Crippen molar-refractivity contribution >= 4 is 5.96 Å². The highest BCUT2D eigenvalue weighted by Crippen LogP contribution is 2.46. The second-order valence-corrected chi connectivity index (χ2v) is 8.20. The average Bonchev–Trinajstić information content (AvgIpc) is 2.87. The summed E-state index contributed by atoms with van der Waals surface area (Å²) in [5, 5.41) is 7.37. The summed E-state index contributed by atoms with van der Waals surface area (Å²) in [5.41, 5.74) is 0.218. The Morgan fingerprint density at radius 3 is 2.36 bits per heavy atom. The highest BCUT2D eigenvalue weighted by Gasteiger charge is 2.53. The number of nitrogens with zero attached hydrogens (tertiary/aromatic N) is 4. The number of hydrogen-bond donors (Lipinski definition) is 1. The van der Waals surface area contributed by atoms with Gasteiger partial charge in [-0.25, -0.2) is 0 Å². The van der Waals surface area contributed by atoms with Crippen LogP contribution in [0, 0.1) is 5.41 Å². The molecule has 6 nitrogen and oxygen atoms in total. The minimum absolute atomic E-state index is 0.0721. The predicted octanol–water partition coefficient (Wildman–Crippen LogP) is 2.56. The summed E-state index contributed by atoms with van der Waals surface area (Å²) in [6, 6.07) is 0. The minimum Gasteiger partial charge on any atom is -0.349 e. The van der Waals surface area contributed by atoms with Gasteiger partial charge < -0.3 is 14.7 Å². The van der Waals surface area contributed by atoms with Gasteiger partial charge in [0.2, 0.25) is 5.89 Å². The highest BCUT2D eigenvalue weighted by molar-refractivity contribution is 5.81. The SMILES string of the molecule is CN=C(NCc1noc(C(C)(C)C)n1)N1CC(C)(C)C1(C)C. The zero-order valence-corrected chi connectivity index (χ0v) is 15.1. The van der Waals surface area contributed by atoms with E-state index in [0.717, 1.165) is 12.5 Å². The standard InChI is InChI=1S/C16H29N5O/c1-14(2,3)12-19-11(20-22-12)9-18-13(17-8)21-10-15(4,5)16(21,6)7/h9-10H2,1-8H3,(H,17,18). The molecule has 1 fully saturated rings. The third kappa shape index (κ3) is 2.83. The molecule has 1 N–H and O–H groups in total. The quantitative estimate of drug-likeness (QED) is 0.672. The molecule has 0 aliphatic carbocycles. The molecule has 22 heavy (non-hydrogen) atoms. The van der Waals surface area contributed by atoms with E-state index in [1.807, 2.05) is 0 Å². The van der Waals surface area contributed by atoms with E-state index in [4.69, 9.17) is 4.52 Å². The molecule has 2 heterocycles. The van der Waals surface area contributed by atoms with Crippen molar-refractivity contribution in [2.75, 3.05) is 13.6 Å². The van der Waals surface area contributed by atoms with Gasteiger partial charge in [-0.3, -0.25) is 4.99 Å². The van der Waals surface area contributed by atoms with Crippen molar-refractivity contribution in [1.82, 2.24) is 20.4 Å². The van der Waals surface area contributed by atoms with Crippen LogP contribution >= 0.6 is 0 Å². The van der Waals surface area contributed by atoms with Crippen LogP contribution in [0.2, 0.25) is 0 Å². The number of guanidine groups is 1. The summed E-state index contributed by atoms with van der Waals surface area (Å²) in [4.78, 5) is 11.1. The molecule has 0 bridgehead atoms. The van der Waals surface area contributed by atoms with Gasteiger partial charge in [0.15, 0.2) is 11.8 Å². The summed E-state index contributed by atoms with van der Waals surface area (Å²) in [6.07, 6.45) is 0. The third-order valence-electron chi connectivity index (χ3n) is 4.87. The Balaban J connectivity index is 2.00. The lowest BCUT2D eigenvalue weighted by molar-refractivity contribution is -0.0668. The van der Waals surface area contributed by atoms with Crippen LogP contribution in [0.25, 0.3) is 0 Å². The van der Waals surface area contributed by atoms with Gasteiger partial charge in [-0.15, -0.1) is 0 Å². The van der Waals surface area contributed by atoms with E-state index >= 15 is 0 Å². The molecule has 0 aromatic carbocycles. The molecule has 6 heteroatoms. The van der Waals surface area contributed by atoms with E-state index in [1.54, 1.807) is 7.05 Å². The summed E-state index contributed by atoms with van der Waals surface area (Å²) in [7, 11) is 1.81. The third-order valence-corrected chi connectivity index (χ3v) is 4.87. The molecule has 0 spiro atoms. The van der Waals surface area contributed by atoms with Gasteiger partial charge in [0.05, 0.1) is 6.54 Å². The second-order valence-electron chi connectivity index (χ2n) is 8.20. The number of hydrogen-bond acceptors (Lipinski definition) is 4. The largest absolute Gasteiger partial charge is 0.349 e. The van der Waals surface area contributed by atoms with Crippen LogP contribution in [-0.4, -0.2) is 40.1 Å². The van der Waals surface area contributed by atoms with Crippen molar-refractivity contribution in [3.63, 3.8) is 0 Å². The molecule has 0 amide bonds. The van der Waals surface area contributed by atoms with Crippen LogP contribution in [0.3, 0.4) is 0 Å². The molecule has 0 saturated carbocycles. The Hall–Kier alpha value is -1.59. The van der Waals surface area contributed by atoms with Crippen LogP contribution in [0.15, 0.2) is 9.52 Å². The zero-order chi connectivity index (χ0) is 16.8. The predicted molar refractivity (Wildman–Crippen MR) is 87.8 cm³/mol. The van der Waals surface area contributed by atoms with Crippen LogP contribution in [-0.2, 0) is 12.0 Å². The Morgan fingerprint density at radius 2 is 1.95 bits per heavy atom. The van der Waals surface area contributed by atoms with Gasteiger partial charge in [0, 0.05) is 30.0 Å². The van der Waals surface area contributed by atoms with Crippen molar-refractivity contribution in [2.24, 2.45) is 10.4 Å². The summed E-state index contributed by atoms with van der Waals surface area (Å²) >= 11 is 0. The topological polar surface area (TPSA) is 66.5 Å². The second kappa shape index (κ2) is 5.25. The fourth-order valence-corrected chi connectivity index (χ4v) is 2.48. The van der Waals surface area contributed by atoms with Crippen LogP contribution < -0.4 is 5.32 Å². The van der Waals surface area contributed by atoms with Crippen molar-refractivity contribution in [3.05, 3.63) is 11.7 Å². The lowest BCUT2D eigenvalue weighted by Gasteiger charge is -2.62. The Morgan fingerprint density at radius 1 is 1.32 bits per heavy atom. The molecule has 1 aliphatic heterocycles. The van der Waals surface area contributed by atoms with Gasteiger partial charge in [0.25, 0.3) is 0 Å². The van der Waals surface area contributed by atoms with Crippen molar-refractivity contribution in [1.29, 1.82) is 0 Å². The van der Waals surface area contributed by atoms with E-state index < -0.39 is 0 Å². The summed E-state index contributed by atoms with van der Waals surface area (Å²) in [5.74, 6) is 2.19. The van der Waals surface area contributed by atoms with Crippen molar-refractivity contribution < 1.29 is 4.52 Å². The fraction of sp³-hybridized carbons (Fsp3) is 0.812. The molecule has 1 saturated heterocycles. The normalized spacial score (nSPS) is 20.7. The van der Waals surface area contributed by atoms with Crippen LogP contribution in [0.5, 0.6) is 0 Å². The summed E-state index contributed by atoms with van der Waals surface area (Å²) in [6.45, 7) is 16.7. The lowest BCUT2D eigenvalue weighted by atomic mass is 9.65. The van der Waals surface area contributed by atoms with Gasteiger partial charge in [-0.1, -0.05) is 39.8 Å². The van der Waals surface area contributed by atoms with Gasteiger partial charge in [-0.05, 0) is 13.8 Å². The first-order chi connectivity index (χ1) is 9.99. The Labute approximate surface area is 133 Å². The van der Waals surface area contributed by atoms with E-state index in [1.165, 1.54) is 0 Å². The first-order valence-electron chi connectivity index (χ1n) is 7.80. The molecule has 0 radical (unpaired) electrons. The molecular weight excluding hydrogens is 278 g/mol. The monoisotopic (exact) mass is 307 g/mol. The van der Waals surface area contributed by atoms with E-state index in [-0.39, 0.29) is 16.4 Å². The molecule has 0 atom stereocenters. The maximum absolute atomic E-state index is 5.32. The lowest BCUT2D eigenvalue weighted by Crippen LogP contribution is -2.72. The van der Waals surface area contributed by atoms with E-state index in [9.17, 15) is 0 Å². The van der Waals surface area contributed by atoms with Crippen LogP contribution in [0.4, 0.5) is 0 Å². The highest BCUT2D eigenvalue weighted by atomic mass is 16.5. The van der Waals surface area contributed by atoms with E-state index in [0.29, 0.717) is 18.3 Å². The fourth-order valence-electron chi connectivity index (χ4n) is 2.48. The molecule has 124 valence electrons.